The summed E-state index contributed by atoms with van der Waals surface area (Å²) in [4.78, 5) is 20.7. The van der Waals surface area contributed by atoms with Gasteiger partial charge < -0.3 is 15.7 Å². The van der Waals surface area contributed by atoms with E-state index in [9.17, 15) is 22.4 Å². The number of carboxylic acid groups (broad SMARTS) is 1. The predicted octanol–water partition coefficient (Wildman–Crippen LogP) is 1.93. The molecular formula is C15H18F4N2O3. The Bertz CT molecular complexity index is 574. The van der Waals surface area contributed by atoms with E-state index in [1.807, 2.05) is 6.92 Å². The molecule has 1 amide bonds. The standard InChI is InChI=1S/C13H17FN2O.C2HF3O2/c1-9(11-6-15-7-11)13(17)16-8-10-4-2-3-5-12(10)14;3-2(4,5)1(6)7/h2-5,9,11,15H,6-8H2,1H3,(H,16,17);(H,6,7). The van der Waals surface area contributed by atoms with Gasteiger partial charge in [-0.2, -0.15) is 13.2 Å². The summed E-state index contributed by atoms with van der Waals surface area (Å²) in [6, 6.07) is 6.50. The summed E-state index contributed by atoms with van der Waals surface area (Å²) in [5.74, 6) is -2.63. The van der Waals surface area contributed by atoms with Crippen LogP contribution in [0.2, 0.25) is 0 Å². The molecule has 0 aromatic heterocycles. The van der Waals surface area contributed by atoms with E-state index in [1.54, 1.807) is 18.2 Å². The first-order valence-electron chi connectivity index (χ1n) is 7.15. The van der Waals surface area contributed by atoms with Crippen LogP contribution in [0.3, 0.4) is 0 Å². The first-order valence-corrected chi connectivity index (χ1v) is 7.15. The molecule has 1 aliphatic heterocycles. The normalized spacial score (nSPS) is 15.5. The van der Waals surface area contributed by atoms with Crippen LogP contribution in [0.15, 0.2) is 24.3 Å². The maximum Gasteiger partial charge on any atom is 0.490 e. The molecule has 134 valence electrons. The monoisotopic (exact) mass is 350 g/mol. The molecule has 5 nitrogen and oxygen atoms in total. The number of carboxylic acids is 1. The van der Waals surface area contributed by atoms with Crippen molar-refractivity contribution in [2.75, 3.05) is 13.1 Å². The number of benzene rings is 1. The molecule has 1 aliphatic rings. The van der Waals surface area contributed by atoms with E-state index in [0.29, 0.717) is 11.5 Å². The molecule has 2 rings (SSSR count). The molecule has 9 heteroatoms. The van der Waals surface area contributed by atoms with Gasteiger partial charge in [-0.1, -0.05) is 25.1 Å². The fourth-order valence-electron chi connectivity index (χ4n) is 1.86. The first-order chi connectivity index (χ1) is 11.1. The van der Waals surface area contributed by atoms with E-state index >= 15 is 0 Å². The molecule has 0 spiro atoms. The molecule has 1 saturated heterocycles. The summed E-state index contributed by atoms with van der Waals surface area (Å²) >= 11 is 0. The van der Waals surface area contributed by atoms with Gasteiger partial charge in [-0.05, 0) is 25.1 Å². The van der Waals surface area contributed by atoms with Crippen LogP contribution in [0.5, 0.6) is 0 Å². The van der Waals surface area contributed by atoms with Gasteiger partial charge in [0.15, 0.2) is 0 Å². The summed E-state index contributed by atoms with van der Waals surface area (Å²) in [7, 11) is 0. The maximum atomic E-state index is 13.3. The number of carbonyl (C=O) groups is 2. The summed E-state index contributed by atoms with van der Waals surface area (Å²) < 4.78 is 45.1. The minimum atomic E-state index is -5.08. The highest BCUT2D eigenvalue weighted by Gasteiger charge is 2.38. The Morgan fingerprint density at radius 2 is 1.88 bits per heavy atom. The zero-order chi connectivity index (χ0) is 18.3. The highest BCUT2D eigenvalue weighted by atomic mass is 19.4. The van der Waals surface area contributed by atoms with E-state index in [2.05, 4.69) is 10.6 Å². The molecule has 1 aromatic rings. The molecule has 1 aromatic carbocycles. The highest BCUT2D eigenvalue weighted by Crippen LogP contribution is 2.16. The van der Waals surface area contributed by atoms with Crippen molar-refractivity contribution in [1.82, 2.24) is 10.6 Å². The lowest BCUT2D eigenvalue weighted by atomic mass is 9.88. The van der Waals surface area contributed by atoms with Gasteiger partial charge in [-0.3, -0.25) is 4.79 Å². The second kappa shape index (κ2) is 8.62. The lowest BCUT2D eigenvalue weighted by molar-refractivity contribution is -0.192. The minimum Gasteiger partial charge on any atom is -0.475 e. The topological polar surface area (TPSA) is 78.4 Å². The van der Waals surface area contributed by atoms with Crippen LogP contribution < -0.4 is 10.6 Å². The maximum absolute atomic E-state index is 13.3. The summed E-state index contributed by atoms with van der Waals surface area (Å²) in [6.45, 7) is 3.97. The van der Waals surface area contributed by atoms with Gasteiger partial charge in [-0.25, -0.2) is 9.18 Å². The third-order valence-corrected chi connectivity index (χ3v) is 3.59. The van der Waals surface area contributed by atoms with E-state index in [4.69, 9.17) is 9.90 Å². The number of aliphatic carboxylic acids is 1. The fraction of sp³-hybridized carbons (Fsp3) is 0.467. The number of alkyl halides is 3. The van der Waals surface area contributed by atoms with Crippen molar-refractivity contribution in [2.45, 2.75) is 19.6 Å². The molecule has 1 fully saturated rings. The number of nitrogens with one attached hydrogen (secondary N) is 2. The van der Waals surface area contributed by atoms with Crippen LogP contribution in [0.25, 0.3) is 0 Å². The molecule has 1 atom stereocenters. The van der Waals surface area contributed by atoms with Crippen LogP contribution in [0.1, 0.15) is 12.5 Å². The Labute approximate surface area is 136 Å². The summed E-state index contributed by atoms with van der Waals surface area (Å²) in [5.41, 5.74) is 0.528. The first kappa shape index (κ1) is 19.9. The van der Waals surface area contributed by atoms with E-state index in [0.717, 1.165) is 13.1 Å². The summed E-state index contributed by atoms with van der Waals surface area (Å²) in [5, 5.41) is 13.0. The van der Waals surface area contributed by atoms with Crippen molar-refractivity contribution < 1.29 is 32.3 Å². The molecule has 3 N–H and O–H groups in total. The van der Waals surface area contributed by atoms with Crippen LogP contribution in [-0.2, 0) is 16.1 Å². The Hall–Kier alpha value is -2.16. The van der Waals surface area contributed by atoms with Crippen molar-refractivity contribution in [2.24, 2.45) is 11.8 Å². The molecule has 1 unspecified atom stereocenters. The fourth-order valence-corrected chi connectivity index (χ4v) is 1.86. The van der Waals surface area contributed by atoms with Crippen molar-refractivity contribution >= 4 is 11.9 Å². The molecular weight excluding hydrogens is 332 g/mol. The Kier molecular flexibility index (Phi) is 7.15. The average Bonchev–Trinajstić information content (AvgIpc) is 2.43. The average molecular weight is 350 g/mol. The van der Waals surface area contributed by atoms with Gasteiger partial charge in [0.25, 0.3) is 0 Å². The molecule has 0 saturated carbocycles. The number of hydrogen-bond acceptors (Lipinski definition) is 3. The number of hydrogen-bond donors (Lipinski definition) is 3. The van der Waals surface area contributed by atoms with Gasteiger partial charge in [-0.15, -0.1) is 0 Å². The third kappa shape index (κ3) is 6.15. The van der Waals surface area contributed by atoms with Crippen LogP contribution in [0, 0.1) is 17.7 Å². The van der Waals surface area contributed by atoms with Gasteiger partial charge in [0.1, 0.15) is 5.82 Å². The highest BCUT2D eigenvalue weighted by molar-refractivity contribution is 5.78. The van der Waals surface area contributed by atoms with Gasteiger partial charge in [0.2, 0.25) is 5.91 Å². The lowest BCUT2D eigenvalue weighted by Crippen LogP contribution is -2.49. The van der Waals surface area contributed by atoms with E-state index < -0.39 is 12.1 Å². The molecule has 1 heterocycles. The van der Waals surface area contributed by atoms with Crippen molar-refractivity contribution in [3.63, 3.8) is 0 Å². The minimum absolute atomic E-state index is 0.000229. The quantitative estimate of drug-likeness (QED) is 0.725. The zero-order valence-electron chi connectivity index (χ0n) is 12.9. The molecule has 0 radical (unpaired) electrons. The van der Waals surface area contributed by atoms with Crippen molar-refractivity contribution in [3.05, 3.63) is 35.6 Å². The Balaban J connectivity index is 0.000000351. The molecule has 24 heavy (non-hydrogen) atoms. The number of halogens is 4. The zero-order valence-corrected chi connectivity index (χ0v) is 12.9. The number of carbonyl (C=O) groups excluding carboxylic acids is 1. The van der Waals surface area contributed by atoms with Crippen LogP contribution >= 0.6 is 0 Å². The van der Waals surface area contributed by atoms with Gasteiger partial charge in [0.05, 0.1) is 0 Å². The van der Waals surface area contributed by atoms with Crippen molar-refractivity contribution in [1.29, 1.82) is 0 Å². The molecule has 0 bridgehead atoms. The molecule has 0 aliphatic carbocycles. The second-order valence-electron chi connectivity index (χ2n) is 5.32. The third-order valence-electron chi connectivity index (χ3n) is 3.59. The van der Waals surface area contributed by atoms with Crippen LogP contribution in [0.4, 0.5) is 17.6 Å². The Morgan fingerprint density at radius 1 is 1.33 bits per heavy atom. The lowest BCUT2D eigenvalue weighted by Gasteiger charge is -2.31. The summed E-state index contributed by atoms with van der Waals surface area (Å²) in [6.07, 6.45) is -5.08. The number of amides is 1. The Morgan fingerprint density at radius 3 is 2.29 bits per heavy atom. The number of rotatable bonds is 4. The van der Waals surface area contributed by atoms with Gasteiger partial charge in [0, 0.05) is 18.0 Å². The smallest absolute Gasteiger partial charge is 0.475 e. The van der Waals surface area contributed by atoms with E-state index in [1.165, 1.54) is 6.07 Å². The van der Waals surface area contributed by atoms with Gasteiger partial charge >= 0.3 is 12.1 Å². The largest absolute Gasteiger partial charge is 0.490 e. The van der Waals surface area contributed by atoms with Crippen LogP contribution in [-0.4, -0.2) is 36.2 Å². The second-order valence-corrected chi connectivity index (χ2v) is 5.32. The van der Waals surface area contributed by atoms with Crippen molar-refractivity contribution in [3.8, 4) is 0 Å². The van der Waals surface area contributed by atoms with E-state index in [-0.39, 0.29) is 24.2 Å². The predicted molar refractivity (Wildman–Crippen MR) is 77.5 cm³/mol. The SMILES string of the molecule is CC(C(=O)NCc1ccccc1F)C1CNC1.O=C(O)C(F)(F)F.